The molecular formula is C8H8Na2O6S2. The van der Waals surface area contributed by atoms with Gasteiger partial charge in [-0.25, -0.2) is 16.8 Å². The molecule has 18 heavy (non-hydrogen) atoms. The molecular weight excluding hydrogens is 302 g/mol. The van der Waals surface area contributed by atoms with Crippen molar-refractivity contribution in [3.05, 3.63) is 35.4 Å². The minimum atomic E-state index is -4.42. The molecule has 0 aliphatic rings. The summed E-state index contributed by atoms with van der Waals surface area (Å²) in [6, 6.07) is 5.35. The van der Waals surface area contributed by atoms with Gasteiger partial charge in [-0.3, -0.25) is 0 Å². The smallest absolute Gasteiger partial charge is 0.748 e. The summed E-state index contributed by atoms with van der Waals surface area (Å²) in [6.45, 7) is 0. The average Bonchev–Trinajstić information content (AvgIpc) is 1.96. The van der Waals surface area contributed by atoms with E-state index in [4.69, 9.17) is 0 Å². The third kappa shape index (κ3) is 9.90. The maximum Gasteiger partial charge on any atom is 1.00 e. The van der Waals surface area contributed by atoms with Crippen LogP contribution in [0.2, 0.25) is 0 Å². The van der Waals surface area contributed by atoms with E-state index in [1.54, 1.807) is 0 Å². The molecule has 0 saturated heterocycles. The normalized spacial score (nSPS) is 11.2. The van der Waals surface area contributed by atoms with Crippen LogP contribution in [0.5, 0.6) is 0 Å². The zero-order valence-electron chi connectivity index (χ0n) is 9.99. The van der Waals surface area contributed by atoms with Crippen molar-refractivity contribution in [2.45, 2.75) is 11.5 Å². The van der Waals surface area contributed by atoms with Gasteiger partial charge in [0.1, 0.15) is 0 Å². The Kier molecular flexibility index (Phi) is 9.90. The Morgan fingerprint density at radius 3 is 1.44 bits per heavy atom. The Morgan fingerprint density at radius 2 is 1.17 bits per heavy atom. The maximum atomic E-state index is 10.5. The van der Waals surface area contributed by atoms with Crippen molar-refractivity contribution in [3.8, 4) is 0 Å². The number of hydrogen-bond acceptors (Lipinski definition) is 6. The zero-order valence-corrected chi connectivity index (χ0v) is 15.6. The summed E-state index contributed by atoms with van der Waals surface area (Å²) in [4.78, 5) is 0. The molecule has 0 N–H and O–H groups in total. The maximum absolute atomic E-state index is 10.5. The fourth-order valence-corrected chi connectivity index (χ4v) is 2.39. The van der Waals surface area contributed by atoms with Crippen LogP contribution in [0.4, 0.5) is 0 Å². The van der Waals surface area contributed by atoms with Gasteiger partial charge in [0.15, 0.2) is 0 Å². The third-order valence-corrected chi connectivity index (χ3v) is 3.05. The van der Waals surface area contributed by atoms with Crippen molar-refractivity contribution in [1.29, 1.82) is 0 Å². The molecule has 0 saturated carbocycles. The first kappa shape index (κ1) is 21.3. The fourth-order valence-electron chi connectivity index (χ4n) is 1.22. The molecule has 10 heteroatoms. The first-order valence-electron chi connectivity index (χ1n) is 4.11. The van der Waals surface area contributed by atoms with Crippen molar-refractivity contribution >= 4 is 20.2 Å². The zero-order chi connectivity index (χ0) is 12.4. The standard InChI is InChI=1S/C8H10O6S2.2Na/c9-15(10,11)5-7-2-1-3-8(4-7)6-16(12,13)14;;/h1-4H,5-6H2,(H,9,10,11)(H,12,13,14);;/q;2*+1/p-2. The molecule has 90 valence electrons. The van der Waals surface area contributed by atoms with Gasteiger partial charge in [-0.05, 0) is 11.1 Å². The van der Waals surface area contributed by atoms with E-state index in [9.17, 15) is 25.9 Å². The minimum Gasteiger partial charge on any atom is -0.748 e. The van der Waals surface area contributed by atoms with Crippen molar-refractivity contribution in [2.75, 3.05) is 0 Å². The Morgan fingerprint density at radius 1 is 0.833 bits per heavy atom. The molecule has 0 unspecified atom stereocenters. The summed E-state index contributed by atoms with van der Waals surface area (Å²) in [5, 5.41) is 0. The van der Waals surface area contributed by atoms with Gasteiger partial charge >= 0.3 is 59.1 Å². The van der Waals surface area contributed by atoms with Crippen molar-refractivity contribution in [2.24, 2.45) is 0 Å². The predicted molar refractivity (Wildman–Crippen MR) is 53.2 cm³/mol. The first-order valence-corrected chi connectivity index (χ1v) is 7.26. The van der Waals surface area contributed by atoms with Gasteiger partial charge in [-0.15, -0.1) is 0 Å². The molecule has 0 spiro atoms. The van der Waals surface area contributed by atoms with Crippen LogP contribution >= 0.6 is 0 Å². The van der Waals surface area contributed by atoms with Crippen LogP contribution in [-0.4, -0.2) is 25.9 Å². The number of hydrogen-bond donors (Lipinski definition) is 0. The van der Waals surface area contributed by atoms with Crippen LogP contribution in [0.15, 0.2) is 24.3 Å². The van der Waals surface area contributed by atoms with Gasteiger partial charge in [-0.1, -0.05) is 24.3 Å². The number of benzene rings is 1. The second kappa shape index (κ2) is 8.35. The summed E-state index contributed by atoms with van der Waals surface area (Å²) in [6.07, 6.45) is 0. The van der Waals surface area contributed by atoms with Crippen LogP contribution in [0.25, 0.3) is 0 Å². The topological polar surface area (TPSA) is 114 Å². The van der Waals surface area contributed by atoms with Crippen molar-refractivity contribution in [1.82, 2.24) is 0 Å². The molecule has 0 aliphatic heterocycles. The Bertz CT molecular complexity index is 532. The molecule has 0 heterocycles. The van der Waals surface area contributed by atoms with Gasteiger partial charge in [0.2, 0.25) is 0 Å². The van der Waals surface area contributed by atoms with Crippen LogP contribution in [-0.2, 0) is 31.7 Å². The van der Waals surface area contributed by atoms with Crippen molar-refractivity contribution < 1.29 is 85.1 Å². The molecule has 1 aromatic carbocycles. The van der Waals surface area contributed by atoms with E-state index in [0.29, 0.717) is 0 Å². The SMILES string of the molecule is O=S(=O)([O-])Cc1cccc(CS(=O)(=O)[O-])c1.[Na+].[Na+]. The van der Waals surface area contributed by atoms with Gasteiger partial charge < -0.3 is 9.11 Å². The average molecular weight is 310 g/mol. The summed E-state index contributed by atoms with van der Waals surface area (Å²) in [5.74, 6) is -1.44. The number of rotatable bonds is 4. The van der Waals surface area contributed by atoms with Crippen LogP contribution in [0.3, 0.4) is 0 Å². The van der Waals surface area contributed by atoms with E-state index in [0.717, 1.165) is 0 Å². The first-order chi connectivity index (χ1) is 7.16. The molecule has 0 radical (unpaired) electrons. The summed E-state index contributed by atoms with van der Waals surface area (Å²) in [7, 11) is -8.83. The van der Waals surface area contributed by atoms with E-state index in [1.165, 1.54) is 24.3 Å². The van der Waals surface area contributed by atoms with E-state index >= 15 is 0 Å². The molecule has 6 nitrogen and oxygen atoms in total. The Labute approximate surface area is 150 Å². The van der Waals surface area contributed by atoms with E-state index in [1.807, 2.05) is 0 Å². The molecule has 1 aromatic rings. The predicted octanol–water partition coefficient (Wildman–Crippen LogP) is -6.21. The molecule has 1 rings (SSSR count). The monoisotopic (exact) mass is 310 g/mol. The quantitative estimate of drug-likeness (QED) is 0.404. The van der Waals surface area contributed by atoms with Gasteiger partial charge in [0, 0.05) is 0 Å². The van der Waals surface area contributed by atoms with E-state index in [-0.39, 0.29) is 70.2 Å². The third-order valence-electron chi connectivity index (χ3n) is 1.68. The largest absolute Gasteiger partial charge is 1.00 e. The minimum absolute atomic E-state index is 0. The summed E-state index contributed by atoms with van der Waals surface area (Å²) >= 11 is 0. The van der Waals surface area contributed by atoms with E-state index in [2.05, 4.69) is 0 Å². The molecule has 0 atom stereocenters. The van der Waals surface area contributed by atoms with E-state index < -0.39 is 31.7 Å². The van der Waals surface area contributed by atoms with Crippen LogP contribution < -0.4 is 59.1 Å². The second-order valence-electron chi connectivity index (χ2n) is 3.22. The molecule has 0 fully saturated rings. The fraction of sp³-hybridized carbons (Fsp3) is 0.250. The second-order valence-corrected chi connectivity index (χ2v) is 6.03. The summed E-state index contributed by atoms with van der Waals surface area (Å²) < 4.78 is 62.8. The molecule has 0 bridgehead atoms. The van der Waals surface area contributed by atoms with Crippen molar-refractivity contribution in [3.63, 3.8) is 0 Å². The summed E-state index contributed by atoms with van der Waals surface area (Å²) in [5.41, 5.74) is 0.326. The van der Waals surface area contributed by atoms with Gasteiger partial charge in [0.05, 0.1) is 31.7 Å². The van der Waals surface area contributed by atoms with Gasteiger partial charge in [0.25, 0.3) is 0 Å². The van der Waals surface area contributed by atoms with Crippen LogP contribution in [0.1, 0.15) is 11.1 Å². The molecule has 0 amide bonds. The molecule has 0 aromatic heterocycles. The Balaban J connectivity index is 0. The Hall–Kier alpha value is 1.04. The van der Waals surface area contributed by atoms with Crippen LogP contribution in [0, 0.1) is 0 Å². The van der Waals surface area contributed by atoms with Gasteiger partial charge in [-0.2, -0.15) is 0 Å². The molecule has 0 aliphatic carbocycles.